The molecule has 4 rings (SSSR count). The molecule has 0 aliphatic carbocycles. The smallest absolute Gasteiger partial charge is 0.227 e. The number of nitrogens with one attached hydrogen (secondary N) is 3. The minimum Gasteiger partial charge on any atom is -0.340 e. The van der Waals surface area contributed by atoms with Crippen LogP contribution in [0.15, 0.2) is 48.7 Å². The number of carbonyl (C=O) groups excluding carboxylic acids is 1. The number of hydrogen-bond acceptors (Lipinski definition) is 8. The molecule has 0 radical (unpaired) electrons. The van der Waals surface area contributed by atoms with E-state index in [1.165, 1.54) is 10.6 Å². The summed E-state index contributed by atoms with van der Waals surface area (Å²) in [7, 11) is -3.21. The number of aromatic nitrogens is 3. The van der Waals surface area contributed by atoms with Crippen molar-refractivity contribution in [2.24, 2.45) is 5.92 Å². The van der Waals surface area contributed by atoms with Gasteiger partial charge in [0.2, 0.25) is 15.9 Å². The molecule has 11 heteroatoms. The van der Waals surface area contributed by atoms with Crippen LogP contribution in [0.1, 0.15) is 24.2 Å². The highest BCUT2D eigenvalue weighted by molar-refractivity contribution is 7.88. The molecule has 1 amide bonds. The number of nitrogens with zero attached hydrogens (tertiary/aromatic N) is 4. The van der Waals surface area contributed by atoms with Gasteiger partial charge in [-0.25, -0.2) is 27.7 Å². The molecule has 0 unspecified atom stereocenters. The zero-order valence-corrected chi connectivity index (χ0v) is 20.8. The SMILES string of the molecule is Cc1ccnc(Nc2cc(Nc3ccc(NC(=O)C4CCN(S(C)(=O)=O)CC4)cc3)nc(C)n2)c1. The summed E-state index contributed by atoms with van der Waals surface area (Å²) < 4.78 is 24.7. The Morgan fingerprint density at radius 2 is 1.54 bits per heavy atom. The lowest BCUT2D eigenvalue weighted by Crippen LogP contribution is -2.40. The van der Waals surface area contributed by atoms with E-state index in [2.05, 4.69) is 30.9 Å². The first-order valence-electron chi connectivity index (χ1n) is 11.3. The summed E-state index contributed by atoms with van der Waals surface area (Å²) in [5, 5.41) is 9.39. The summed E-state index contributed by atoms with van der Waals surface area (Å²) in [5.41, 5.74) is 2.58. The van der Waals surface area contributed by atoms with Gasteiger partial charge in [-0.15, -0.1) is 0 Å². The minimum atomic E-state index is -3.21. The molecule has 1 aromatic carbocycles. The van der Waals surface area contributed by atoms with Crippen LogP contribution < -0.4 is 16.0 Å². The van der Waals surface area contributed by atoms with Crippen molar-refractivity contribution < 1.29 is 13.2 Å². The van der Waals surface area contributed by atoms with Crippen molar-refractivity contribution in [1.82, 2.24) is 19.3 Å². The Hall–Kier alpha value is -3.57. The number of pyridine rings is 1. The number of anilines is 5. The number of benzene rings is 1. The van der Waals surface area contributed by atoms with Crippen molar-refractivity contribution >= 4 is 44.8 Å². The Labute approximate surface area is 205 Å². The summed E-state index contributed by atoms with van der Waals surface area (Å²) in [6.07, 6.45) is 3.97. The molecule has 35 heavy (non-hydrogen) atoms. The van der Waals surface area contributed by atoms with Crippen molar-refractivity contribution in [1.29, 1.82) is 0 Å². The van der Waals surface area contributed by atoms with Crippen molar-refractivity contribution in [2.45, 2.75) is 26.7 Å². The summed E-state index contributed by atoms with van der Waals surface area (Å²) in [6.45, 7) is 4.56. The van der Waals surface area contributed by atoms with Crippen LogP contribution in [0.25, 0.3) is 0 Å². The van der Waals surface area contributed by atoms with Gasteiger partial charge in [-0.1, -0.05) is 0 Å². The second-order valence-electron chi connectivity index (χ2n) is 8.66. The lowest BCUT2D eigenvalue weighted by atomic mass is 9.97. The number of sulfonamides is 1. The van der Waals surface area contributed by atoms with Crippen molar-refractivity contribution in [2.75, 3.05) is 35.3 Å². The highest BCUT2D eigenvalue weighted by Gasteiger charge is 2.28. The van der Waals surface area contributed by atoms with E-state index in [4.69, 9.17) is 0 Å². The Morgan fingerprint density at radius 1 is 0.914 bits per heavy atom. The summed E-state index contributed by atoms with van der Waals surface area (Å²) >= 11 is 0. The summed E-state index contributed by atoms with van der Waals surface area (Å²) in [6, 6.07) is 13.0. The van der Waals surface area contributed by atoms with Gasteiger partial charge >= 0.3 is 0 Å². The lowest BCUT2D eigenvalue weighted by molar-refractivity contribution is -0.120. The molecule has 3 aromatic rings. The van der Waals surface area contributed by atoms with Gasteiger partial charge in [0.15, 0.2) is 0 Å². The lowest BCUT2D eigenvalue weighted by Gasteiger charge is -2.29. The van der Waals surface area contributed by atoms with Gasteiger partial charge in [-0.2, -0.15) is 0 Å². The molecular weight excluding hydrogens is 466 g/mol. The topological polar surface area (TPSA) is 129 Å². The third-order valence-corrected chi connectivity index (χ3v) is 7.03. The van der Waals surface area contributed by atoms with Gasteiger partial charge in [0.05, 0.1) is 6.26 Å². The molecule has 0 bridgehead atoms. The fraction of sp³-hybridized carbons (Fsp3) is 0.333. The van der Waals surface area contributed by atoms with E-state index in [-0.39, 0.29) is 11.8 Å². The predicted octanol–water partition coefficient (Wildman–Crippen LogP) is 3.59. The number of aryl methyl sites for hydroxylation is 2. The Balaban J connectivity index is 1.35. The number of piperidine rings is 1. The second kappa shape index (κ2) is 10.4. The van der Waals surface area contributed by atoms with E-state index in [0.29, 0.717) is 54.9 Å². The monoisotopic (exact) mass is 495 g/mol. The van der Waals surface area contributed by atoms with E-state index in [9.17, 15) is 13.2 Å². The van der Waals surface area contributed by atoms with Gasteiger partial charge in [-0.05, 0) is 68.7 Å². The van der Waals surface area contributed by atoms with Gasteiger partial charge in [-0.3, -0.25) is 4.79 Å². The maximum Gasteiger partial charge on any atom is 0.227 e. The van der Waals surface area contributed by atoms with Crippen LogP contribution in [-0.4, -0.2) is 52.9 Å². The largest absolute Gasteiger partial charge is 0.340 e. The third-order valence-electron chi connectivity index (χ3n) is 5.73. The molecule has 2 aromatic heterocycles. The second-order valence-corrected chi connectivity index (χ2v) is 10.6. The Kier molecular flexibility index (Phi) is 7.27. The molecule has 0 saturated carbocycles. The summed E-state index contributed by atoms with van der Waals surface area (Å²) in [5.74, 6) is 2.27. The van der Waals surface area contributed by atoms with Crippen LogP contribution in [0.2, 0.25) is 0 Å². The first kappa shape index (κ1) is 24.6. The van der Waals surface area contributed by atoms with Crippen molar-refractivity contribution in [3.8, 4) is 0 Å². The van der Waals surface area contributed by atoms with Crippen LogP contribution in [0.4, 0.5) is 28.8 Å². The molecule has 1 saturated heterocycles. The number of rotatable bonds is 7. The molecule has 3 N–H and O–H groups in total. The molecule has 3 heterocycles. The molecule has 1 aliphatic heterocycles. The van der Waals surface area contributed by atoms with Crippen LogP contribution in [-0.2, 0) is 14.8 Å². The van der Waals surface area contributed by atoms with Crippen molar-refractivity contribution in [3.63, 3.8) is 0 Å². The standard InChI is InChI=1S/C24H29N7O3S/c1-16-8-11-25-21(14-16)30-23-15-22(26-17(2)27-23)28-19-4-6-20(7-5-19)29-24(32)18-9-12-31(13-10-18)35(3,33)34/h4-8,11,14-15,18H,9-10,12-13H2,1-3H3,(H,29,32)(H2,25,26,27,28,30). The molecule has 1 fully saturated rings. The molecule has 1 aliphatic rings. The zero-order valence-electron chi connectivity index (χ0n) is 19.9. The quantitative estimate of drug-likeness (QED) is 0.454. The zero-order chi connectivity index (χ0) is 25.0. The molecule has 0 spiro atoms. The predicted molar refractivity (Wildman–Crippen MR) is 137 cm³/mol. The molecule has 0 atom stereocenters. The van der Waals surface area contributed by atoms with E-state index in [1.54, 1.807) is 12.3 Å². The molecular formula is C24H29N7O3S. The first-order valence-corrected chi connectivity index (χ1v) is 13.2. The van der Waals surface area contributed by atoms with Gasteiger partial charge in [0.1, 0.15) is 23.3 Å². The average Bonchev–Trinajstić information content (AvgIpc) is 2.79. The van der Waals surface area contributed by atoms with E-state index < -0.39 is 10.0 Å². The fourth-order valence-electron chi connectivity index (χ4n) is 3.91. The fourth-order valence-corrected chi connectivity index (χ4v) is 4.78. The van der Waals surface area contributed by atoms with E-state index >= 15 is 0 Å². The summed E-state index contributed by atoms with van der Waals surface area (Å²) in [4.78, 5) is 25.8. The van der Waals surface area contributed by atoms with Crippen LogP contribution in [0.3, 0.4) is 0 Å². The van der Waals surface area contributed by atoms with Gasteiger partial charge in [0.25, 0.3) is 0 Å². The highest BCUT2D eigenvalue weighted by atomic mass is 32.2. The average molecular weight is 496 g/mol. The molecule has 10 nitrogen and oxygen atoms in total. The van der Waals surface area contributed by atoms with Crippen LogP contribution in [0.5, 0.6) is 0 Å². The number of carbonyl (C=O) groups is 1. The first-order chi connectivity index (χ1) is 16.7. The normalized spacial score (nSPS) is 14.9. The third kappa shape index (κ3) is 6.74. The van der Waals surface area contributed by atoms with Crippen LogP contribution in [0, 0.1) is 19.8 Å². The Morgan fingerprint density at radius 3 is 2.17 bits per heavy atom. The van der Waals surface area contributed by atoms with Gasteiger partial charge in [0, 0.05) is 42.6 Å². The maximum atomic E-state index is 12.6. The minimum absolute atomic E-state index is 0.0919. The van der Waals surface area contributed by atoms with E-state index in [1.807, 2.05) is 50.2 Å². The highest BCUT2D eigenvalue weighted by Crippen LogP contribution is 2.24. The van der Waals surface area contributed by atoms with E-state index in [0.717, 1.165) is 11.3 Å². The number of amides is 1. The number of hydrogen-bond donors (Lipinski definition) is 3. The molecule has 184 valence electrons. The maximum absolute atomic E-state index is 12.6. The van der Waals surface area contributed by atoms with Crippen molar-refractivity contribution in [3.05, 3.63) is 60.0 Å². The Bertz CT molecular complexity index is 1300. The van der Waals surface area contributed by atoms with Crippen LogP contribution >= 0.6 is 0 Å². The van der Waals surface area contributed by atoms with Gasteiger partial charge < -0.3 is 16.0 Å².